The van der Waals surface area contributed by atoms with Gasteiger partial charge in [-0.25, -0.2) is 0 Å². The number of hydrogen-bond acceptors (Lipinski definition) is 7. The number of benzene rings is 2. The van der Waals surface area contributed by atoms with E-state index in [-0.39, 0.29) is 23.6 Å². The molecule has 0 bridgehead atoms. The molecule has 0 aliphatic carbocycles. The van der Waals surface area contributed by atoms with Gasteiger partial charge in [0.15, 0.2) is 5.76 Å². The third-order valence-corrected chi connectivity index (χ3v) is 5.17. The van der Waals surface area contributed by atoms with E-state index in [9.17, 15) is 4.79 Å². The van der Waals surface area contributed by atoms with Gasteiger partial charge in [-0.05, 0) is 35.4 Å². The van der Waals surface area contributed by atoms with Crippen molar-refractivity contribution in [2.75, 3.05) is 12.9 Å². The van der Waals surface area contributed by atoms with E-state index in [2.05, 4.69) is 15.5 Å². The van der Waals surface area contributed by atoms with Crippen molar-refractivity contribution in [3.8, 4) is 17.4 Å². The fourth-order valence-electron chi connectivity index (χ4n) is 2.90. The molecule has 1 N–H and O–H groups in total. The van der Waals surface area contributed by atoms with Crippen molar-refractivity contribution in [2.24, 2.45) is 0 Å². The number of carbonyl (C=O) groups is 1. The summed E-state index contributed by atoms with van der Waals surface area (Å²) < 4.78 is 16.0. The average molecular weight is 421 g/mol. The predicted octanol–water partition coefficient (Wildman–Crippen LogP) is 4.34. The number of amides is 1. The van der Waals surface area contributed by atoms with E-state index in [0.717, 1.165) is 16.9 Å². The summed E-state index contributed by atoms with van der Waals surface area (Å²) in [5, 5.41) is 11.3. The molecule has 0 fully saturated rings. The van der Waals surface area contributed by atoms with Crippen LogP contribution in [0.4, 0.5) is 0 Å². The van der Waals surface area contributed by atoms with E-state index in [1.807, 2.05) is 54.6 Å². The van der Waals surface area contributed by atoms with Gasteiger partial charge < -0.3 is 18.9 Å². The predicted molar refractivity (Wildman–Crippen MR) is 112 cm³/mol. The van der Waals surface area contributed by atoms with Crippen LogP contribution in [0.25, 0.3) is 11.7 Å². The molecule has 30 heavy (non-hydrogen) atoms. The molecule has 4 aromatic rings. The number of furan rings is 1. The van der Waals surface area contributed by atoms with Crippen molar-refractivity contribution in [1.29, 1.82) is 0 Å². The number of ether oxygens (including phenoxy) is 1. The molecule has 1 atom stereocenters. The van der Waals surface area contributed by atoms with Crippen molar-refractivity contribution in [3.05, 3.63) is 84.1 Å². The minimum atomic E-state index is -0.286. The Morgan fingerprint density at radius 3 is 2.50 bits per heavy atom. The Kier molecular flexibility index (Phi) is 6.14. The molecule has 2 heterocycles. The lowest BCUT2D eigenvalue weighted by Gasteiger charge is -2.20. The average Bonchev–Trinajstić information content (AvgIpc) is 3.49. The quantitative estimate of drug-likeness (QED) is 0.423. The van der Waals surface area contributed by atoms with Crippen LogP contribution in [-0.4, -0.2) is 29.0 Å². The fraction of sp³-hybridized carbons (Fsp3) is 0.136. The van der Waals surface area contributed by atoms with Gasteiger partial charge >= 0.3 is 0 Å². The zero-order valence-corrected chi connectivity index (χ0v) is 17.0. The van der Waals surface area contributed by atoms with Crippen molar-refractivity contribution >= 4 is 17.7 Å². The van der Waals surface area contributed by atoms with Crippen LogP contribution in [0.5, 0.6) is 5.75 Å². The minimum absolute atomic E-state index is 0.138. The Balaban J connectivity index is 1.44. The largest absolute Gasteiger partial charge is 0.497 e. The van der Waals surface area contributed by atoms with Crippen LogP contribution in [0.1, 0.15) is 17.2 Å². The van der Waals surface area contributed by atoms with Crippen LogP contribution in [0, 0.1) is 0 Å². The normalized spacial score (nSPS) is 11.8. The number of nitrogens with zero attached hydrogens (tertiary/aromatic N) is 2. The number of rotatable bonds is 8. The molecular formula is C22H19N3O4S. The van der Waals surface area contributed by atoms with Gasteiger partial charge in [0.05, 0.1) is 25.2 Å². The maximum Gasteiger partial charge on any atom is 0.284 e. The Hall–Kier alpha value is -3.52. The molecule has 0 radical (unpaired) electrons. The molecule has 4 rings (SSSR count). The SMILES string of the molecule is COc1ccc(C(NC(=O)CSc2nnc(-c3ccco3)o2)c2ccccc2)cc1. The van der Waals surface area contributed by atoms with E-state index < -0.39 is 0 Å². The summed E-state index contributed by atoms with van der Waals surface area (Å²) in [7, 11) is 1.62. The van der Waals surface area contributed by atoms with Crippen LogP contribution in [0.2, 0.25) is 0 Å². The fourth-order valence-corrected chi connectivity index (χ4v) is 3.47. The third kappa shape index (κ3) is 4.72. The highest BCUT2D eigenvalue weighted by Gasteiger charge is 2.18. The van der Waals surface area contributed by atoms with Gasteiger partial charge in [-0.2, -0.15) is 0 Å². The van der Waals surface area contributed by atoms with Crippen LogP contribution in [0.3, 0.4) is 0 Å². The van der Waals surface area contributed by atoms with Gasteiger partial charge in [-0.3, -0.25) is 4.79 Å². The first-order valence-electron chi connectivity index (χ1n) is 9.21. The summed E-state index contributed by atoms with van der Waals surface area (Å²) in [6.07, 6.45) is 1.53. The highest BCUT2D eigenvalue weighted by atomic mass is 32.2. The monoisotopic (exact) mass is 421 g/mol. The first-order valence-corrected chi connectivity index (χ1v) is 10.2. The lowest BCUT2D eigenvalue weighted by atomic mass is 9.98. The van der Waals surface area contributed by atoms with Gasteiger partial charge in [-0.15, -0.1) is 10.2 Å². The number of hydrogen-bond donors (Lipinski definition) is 1. The summed E-state index contributed by atoms with van der Waals surface area (Å²) >= 11 is 1.17. The molecule has 1 amide bonds. The molecule has 7 nitrogen and oxygen atoms in total. The summed E-state index contributed by atoms with van der Waals surface area (Å²) in [5.74, 6) is 1.52. The second kappa shape index (κ2) is 9.32. The second-order valence-electron chi connectivity index (χ2n) is 6.32. The first-order chi connectivity index (χ1) is 14.7. The molecule has 2 aromatic carbocycles. The minimum Gasteiger partial charge on any atom is -0.497 e. The Labute approximate surface area is 177 Å². The summed E-state index contributed by atoms with van der Waals surface area (Å²) in [5.41, 5.74) is 1.94. The van der Waals surface area contributed by atoms with Gasteiger partial charge in [-0.1, -0.05) is 54.2 Å². The standard InChI is InChI=1S/C22H19N3O4S/c1-27-17-11-9-16(10-12-17)20(15-6-3-2-4-7-15)23-19(26)14-30-22-25-24-21(29-22)18-8-5-13-28-18/h2-13,20H,14H2,1H3,(H,23,26). The number of thioether (sulfide) groups is 1. The molecule has 0 saturated carbocycles. The third-order valence-electron chi connectivity index (χ3n) is 4.35. The lowest BCUT2D eigenvalue weighted by molar-refractivity contribution is -0.119. The van der Waals surface area contributed by atoms with Crippen molar-refractivity contribution in [1.82, 2.24) is 15.5 Å². The lowest BCUT2D eigenvalue weighted by Crippen LogP contribution is -2.30. The van der Waals surface area contributed by atoms with E-state index in [1.54, 1.807) is 19.2 Å². The maximum atomic E-state index is 12.7. The Bertz CT molecular complexity index is 1080. The molecule has 152 valence electrons. The molecule has 8 heteroatoms. The summed E-state index contributed by atoms with van der Waals surface area (Å²) in [6.45, 7) is 0. The number of aromatic nitrogens is 2. The van der Waals surface area contributed by atoms with Crippen molar-refractivity contribution < 1.29 is 18.4 Å². The van der Waals surface area contributed by atoms with Crippen LogP contribution >= 0.6 is 11.8 Å². The maximum absolute atomic E-state index is 12.7. The van der Waals surface area contributed by atoms with Crippen molar-refractivity contribution in [3.63, 3.8) is 0 Å². The van der Waals surface area contributed by atoms with Gasteiger partial charge in [0.25, 0.3) is 11.1 Å². The van der Waals surface area contributed by atoms with Crippen LogP contribution in [-0.2, 0) is 4.79 Å². The zero-order valence-electron chi connectivity index (χ0n) is 16.1. The van der Waals surface area contributed by atoms with Gasteiger partial charge in [0, 0.05) is 0 Å². The molecule has 1 unspecified atom stereocenters. The van der Waals surface area contributed by atoms with E-state index in [1.165, 1.54) is 18.0 Å². The van der Waals surface area contributed by atoms with Crippen LogP contribution < -0.4 is 10.1 Å². The highest BCUT2D eigenvalue weighted by Crippen LogP contribution is 2.26. The second-order valence-corrected chi connectivity index (χ2v) is 7.25. The molecular weight excluding hydrogens is 402 g/mol. The van der Waals surface area contributed by atoms with Crippen LogP contribution in [0.15, 0.2) is 87.1 Å². The number of carbonyl (C=O) groups excluding carboxylic acids is 1. The Morgan fingerprint density at radius 1 is 1.03 bits per heavy atom. The molecule has 0 spiro atoms. The highest BCUT2D eigenvalue weighted by molar-refractivity contribution is 7.99. The van der Waals surface area contributed by atoms with Gasteiger partial charge in [0.2, 0.25) is 5.91 Å². The number of nitrogens with one attached hydrogen (secondary N) is 1. The molecule has 0 aliphatic rings. The topological polar surface area (TPSA) is 90.4 Å². The summed E-state index contributed by atoms with van der Waals surface area (Å²) in [6, 6.07) is 20.6. The van der Waals surface area contributed by atoms with E-state index >= 15 is 0 Å². The van der Waals surface area contributed by atoms with E-state index in [0.29, 0.717) is 11.0 Å². The number of methoxy groups -OCH3 is 1. The zero-order chi connectivity index (χ0) is 20.8. The molecule has 2 aromatic heterocycles. The van der Waals surface area contributed by atoms with E-state index in [4.69, 9.17) is 13.6 Å². The molecule has 0 aliphatic heterocycles. The Morgan fingerprint density at radius 2 is 1.80 bits per heavy atom. The van der Waals surface area contributed by atoms with Crippen molar-refractivity contribution in [2.45, 2.75) is 11.3 Å². The first kappa shape index (κ1) is 19.8. The smallest absolute Gasteiger partial charge is 0.284 e. The molecule has 0 saturated heterocycles. The summed E-state index contributed by atoms with van der Waals surface area (Å²) in [4.78, 5) is 12.7. The van der Waals surface area contributed by atoms with Gasteiger partial charge in [0.1, 0.15) is 5.75 Å².